The van der Waals surface area contributed by atoms with Crippen LogP contribution in [0.1, 0.15) is 22.3 Å². The number of Topliss-reactive ketones (excluding diaryl/α,β-unsaturated/α-hetero) is 3. The number of nitrogens with two attached hydrogens (primary N) is 2. The van der Waals surface area contributed by atoms with Crippen molar-refractivity contribution < 1.29 is 39.3 Å². The Morgan fingerprint density at radius 3 is 2.32 bits per heavy atom. The van der Waals surface area contributed by atoms with Gasteiger partial charge in [0.1, 0.15) is 11.7 Å². The molecular weight excluding hydrogens is 532 g/mol. The van der Waals surface area contributed by atoms with Gasteiger partial charge in [-0.05, 0) is 67.7 Å². The lowest BCUT2D eigenvalue weighted by Crippen LogP contribution is -2.75. The molecule has 0 saturated heterocycles. The van der Waals surface area contributed by atoms with E-state index in [1.54, 1.807) is 44.4 Å². The zero-order valence-corrected chi connectivity index (χ0v) is 22.5. The number of amides is 2. The molecule has 4 unspecified atom stereocenters. The third kappa shape index (κ3) is 4.25. The van der Waals surface area contributed by atoms with Crippen molar-refractivity contribution in [1.82, 2.24) is 4.90 Å². The van der Waals surface area contributed by atoms with Gasteiger partial charge in [-0.25, -0.2) is 0 Å². The maximum atomic E-state index is 13.9. The van der Waals surface area contributed by atoms with Gasteiger partial charge in [-0.15, -0.1) is 0 Å². The number of carbonyl (C=O) groups is 5. The molecule has 0 heterocycles. The normalized spacial score (nSPS) is 30.8. The van der Waals surface area contributed by atoms with Gasteiger partial charge in [-0.1, -0.05) is 18.2 Å². The van der Waals surface area contributed by atoms with Crippen LogP contribution >= 0.6 is 0 Å². The number of hydrogen-bond donors (Lipinski definition) is 6. The van der Waals surface area contributed by atoms with E-state index in [0.717, 1.165) is 0 Å². The summed E-state index contributed by atoms with van der Waals surface area (Å²) in [5.41, 5.74) is 10.3. The third-order valence-corrected chi connectivity index (χ3v) is 8.84. The molecule has 12 nitrogen and oxygen atoms in total. The predicted molar refractivity (Wildman–Crippen MR) is 145 cm³/mol. The highest BCUT2D eigenvalue weighted by molar-refractivity contribution is 6.25. The lowest BCUT2D eigenvalue weighted by molar-refractivity contribution is -0.190. The minimum Gasteiger partial charge on any atom is -0.507 e. The number of hydrogen-bond acceptors (Lipinski definition) is 10. The molecule has 216 valence electrons. The second kappa shape index (κ2) is 10.1. The van der Waals surface area contributed by atoms with Gasteiger partial charge in [0.2, 0.25) is 11.8 Å². The maximum Gasteiger partial charge on any atom is 0.238 e. The maximum absolute atomic E-state index is 13.9. The van der Waals surface area contributed by atoms with E-state index in [9.17, 15) is 39.3 Å². The summed E-state index contributed by atoms with van der Waals surface area (Å²) in [6.07, 6.45) is -1.37. The van der Waals surface area contributed by atoms with Crippen molar-refractivity contribution in [2.24, 2.45) is 35.1 Å². The Bertz CT molecular complexity index is 1470. The van der Waals surface area contributed by atoms with E-state index < -0.39 is 64.7 Å². The molecule has 12 heteroatoms. The van der Waals surface area contributed by atoms with Crippen LogP contribution in [0.25, 0.3) is 11.1 Å². The Morgan fingerprint density at radius 2 is 1.73 bits per heavy atom. The average molecular weight is 565 g/mol. The molecule has 41 heavy (non-hydrogen) atoms. The molecule has 2 aromatic rings. The van der Waals surface area contributed by atoms with Gasteiger partial charge in [0, 0.05) is 17.6 Å². The van der Waals surface area contributed by atoms with Crippen LogP contribution in [-0.2, 0) is 25.6 Å². The van der Waals surface area contributed by atoms with Crippen molar-refractivity contribution >= 4 is 34.9 Å². The molecule has 0 bridgehead atoms. The summed E-state index contributed by atoms with van der Waals surface area (Å²) in [5.74, 6) is -9.87. The summed E-state index contributed by atoms with van der Waals surface area (Å²) in [4.78, 5) is 66.6. The first kappa shape index (κ1) is 28.6. The largest absolute Gasteiger partial charge is 0.507 e. The third-order valence-electron chi connectivity index (χ3n) is 8.84. The standard InChI is InChI=1S/C29H32N4O8/c1-33(2)23-17-10-13-9-16-15(12-3-5-14(6-4-12)32-19(35)11-30)7-8-18(34)21(16)24(36)20(13)26(38)29(17,41)27(39)22(25(23)37)28(31)40/h3-8,13,17,20,22-23,25,34,37,41H,9-11,30H2,1-2H3,(H2,31,40)(H,32,35)/t13-,17-,20?,22?,23?,25?,29-/m1/s1. The number of ketones is 3. The number of aliphatic hydroxyl groups excluding tert-OH is 1. The first-order valence-electron chi connectivity index (χ1n) is 13.3. The predicted octanol–water partition coefficient (Wildman–Crippen LogP) is -0.777. The zero-order chi connectivity index (χ0) is 30.0. The number of nitrogens with zero attached hydrogens (tertiary/aromatic N) is 1. The first-order valence-corrected chi connectivity index (χ1v) is 13.3. The highest BCUT2D eigenvalue weighted by Gasteiger charge is 2.69. The SMILES string of the molecule is CN(C)C1C(O)C(C(N)=O)C(=O)[C@]2(O)C(=O)C3C(=O)c4c(O)ccc(-c5ccc(NC(=O)CN)cc5)c4C[C@@H]3C[C@H]12. The molecule has 7 atom stereocenters. The summed E-state index contributed by atoms with van der Waals surface area (Å²) in [5, 5.41) is 36.1. The van der Waals surface area contributed by atoms with Crippen molar-refractivity contribution in [3.63, 3.8) is 0 Å². The van der Waals surface area contributed by atoms with Crippen molar-refractivity contribution in [3.8, 4) is 16.9 Å². The molecule has 0 aromatic heterocycles. The quantitative estimate of drug-likeness (QED) is 0.249. The van der Waals surface area contributed by atoms with Crippen LogP contribution in [0, 0.1) is 23.7 Å². The minimum atomic E-state index is -2.71. The van der Waals surface area contributed by atoms with Crippen LogP contribution in [0.4, 0.5) is 5.69 Å². The first-order chi connectivity index (χ1) is 19.3. The van der Waals surface area contributed by atoms with Crippen molar-refractivity contribution in [2.75, 3.05) is 26.0 Å². The molecule has 3 aliphatic carbocycles. The molecule has 0 aliphatic heterocycles. The Morgan fingerprint density at radius 1 is 1.07 bits per heavy atom. The van der Waals surface area contributed by atoms with E-state index in [0.29, 0.717) is 22.4 Å². The van der Waals surface area contributed by atoms with Gasteiger partial charge >= 0.3 is 0 Å². The van der Waals surface area contributed by atoms with Crippen LogP contribution in [0.5, 0.6) is 5.75 Å². The molecule has 2 fully saturated rings. The van der Waals surface area contributed by atoms with E-state index in [-0.39, 0.29) is 36.6 Å². The number of anilines is 1. The summed E-state index contributed by atoms with van der Waals surface area (Å²) in [6, 6.07) is 8.84. The number of benzene rings is 2. The fraction of sp³-hybridized carbons (Fsp3) is 0.414. The van der Waals surface area contributed by atoms with E-state index >= 15 is 0 Å². The lowest BCUT2D eigenvalue weighted by atomic mass is 9.52. The zero-order valence-electron chi connectivity index (χ0n) is 22.5. The fourth-order valence-electron chi connectivity index (χ4n) is 7.04. The van der Waals surface area contributed by atoms with Gasteiger partial charge in [0.05, 0.1) is 24.1 Å². The van der Waals surface area contributed by atoms with Crippen molar-refractivity contribution in [1.29, 1.82) is 0 Å². The molecule has 2 amide bonds. The molecule has 8 N–H and O–H groups in total. The fourth-order valence-corrected chi connectivity index (χ4v) is 7.04. The number of fused-ring (bicyclic) bond motifs is 3. The van der Waals surface area contributed by atoms with Crippen LogP contribution < -0.4 is 16.8 Å². The van der Waals surface area contributed by atoms with E-state index in [1.807, 2.05) is 0 Å². The lowest BCUT2D eigenvalue weighted by Gasteiger charge is -2.54. The van der Waals surface area contributed by atoms with Crippen LogP contribution in [0.2, 0.25) is 0 Å². The number of nitrogens with one attached hydrogen (secondary N) is 1. The number of likely N-dealkylation sites (N-methyl/N-ethyl adjacent to an activating group) is 1. The molecule has 0 radical (unpaired) electrons. The second-order valence-corrected chi connectivity index (χ2v) is 11.3. The van der Waals surface area contributed by atoms with Crippen LogP contribution in [-0.4, -0.2) is 87.8 Å². The second-order valence-electron chi connectivity index (χ2n) is 11.3. The summed E-state index contributed by atoms with van der Waals surface area (Å²) in [7, 11) is 3.19. The Balaban J connectivity index is 1.58. The molecule has 3 aliphatic rings. The Kier molecular flexibility index (Phi) is 7.06. The number of aromatic hydroxyl groups is 1. The topological polar surface area (TPSA) is 213 Å². The van der Waals surface area contributed by atoms with Crippen molar-refractivity contribution in [2.45, 2.75) is 30.6 Å². The Labute approximate surface area is 235 Å². The van der Waals surface area contributed by atoms with Crippen molar-refractivity contribution in [3.05, 3.63) is 47.5 Å². The highest BCUT2D eigenvalue weighted by Crippen LogP contribution is 2.52. The number of aliphatic hydroxyl groups is 2. The smallest absolute Gasteiger partial charge is 0.238 e. The van der Waals surface area contributed by atoms with Gasteiger partial charge in [-0.3, -0.25) is 24.0 Å². The molecule has 5 rings (SSSR count). The number of phenols is 1. The van der Waals surface area contributed by atoms with Gasteiger partial charge in [-0.2, -0.15) is 0 Å². The van der Waals surface area contributed by atoms with Gasteiger partial charge in [0.15, 0.2) is 23.0 Å². The summed E-state index contributed by atoms with van der Waals surface area (Å²) >= 11 is 0. The van der Waals surface area contributed by atoms with Crippen LogP contribution in [0.15, 0.2) is 36.4 Å². The van der Waals surface area contributed by atoms with Gasteiger partial charge < -0.3 is 37.0 Å². The highest BCUT2D eigenvalue weighted by atomic mass is 16.3. The molecule has 0 spiro atoms. The number of primary amides is 1. The minimum absolute atomic E-state index is 0.0222. The summed E-state index contributed by atoms with van der Waals surface area (Å²) < 4.78 is 0. The molecule has 2 aromatic carbocycles. The number of carbonyl (C=O) groups excluding carboxylic acids is 5. The van der Waals surface area contributed by atoms with E-state index in [4.69, 9.17) is 11.5 Å². The molecular formula is C29H32N4O8. The Hall–Kier alpha value is -3.97. The summed E-state index contributed by atoms with van der Waals surface area (Å²) in [6.45, 7) is -0.173. The monoisotopic (exact) mass is 564 g/mol. The number of phenolic OH excluding ortho intramolecular Hbond substituents is 1. The average Bonchev–Trinajstić information content (AvgIpc) is 2.91. The van der Waals surface area contributed by atoms with Crippen LogP contribution in [0.3, 0.4) is 0 Å². The van der Waals surface area contributed by atoms with Gasteiger partial charge in [0.25, 0.3) is 0 Å². The molecule has 2 saturated carbocycles. The van der Waals surface area contributed by atoms with E-state index in [2.05, 4.69) is 5.32 Å². The van der Waals surface area contributed by atoms with E-state index in [1.165, 1.54) is 11.0 Å². The number of rotatable bonds is 5.